The van der Waals surface area contributed by atoms with Crippen LogP contribution in [0.25, 0.3) is 0 Å². The minimum absolute atomic E-state index is 0.0571. The molecule has 0 atom stereocenters. The van der Waals surface area contributed by atoms with Crippen LogP contribution in [-0.2, 0) is 6.42 Å². The number of halogens is 1. The lowest BCUT2D eigenvalue weighted by atomic mass is 10.1. The van der Waals surface area contributed by atoms with E-state index >= 15 is 0 Å². The molecule has 4 nitrogen and oxygen atoms in total. The van der Waals surface area contributed by atoms with Crippen molar-refractivity contribution in [3.05, 3.63) is 64.4 Å². The van der Waals surface area contributed by atoms with E-state index in [1.807, 2.05) is 30.3 Å². The third kappa shape index (κ3) is 4.37. The summed E-state index contributed by atoms with van der Waals surface area (Å²) in [5, 5.41) is 9.18. The number of nitrogens with zero attached hydrogens (tertiary/aromatic N) is 2. The number of aliphatic hydroxyl groups excluding tert-OH is 1. The number of carbonyl (C=O) groups excluding carboxylic acids is 1. The average molecular weight is 349 g/mol. The normalized spacial score (nSPS) is 10.4. The van der Waals surface area contributed by atoms with Gasteiger partial charge in [0.2, 0.25) is 0 Å². The molecule has 110 valence electrons. The van der Waals surface area contributed by atoms with Gasteiger partial charge >= 0.3 is 0 Å². The number of rotatable bonds is 6. The summed E-state index contributed by atoms with van der Waals surface area (Å²) in [7, 11) is 0. The summed E-state index contributed by atoms with van der Waals surface area (Å²) in [4.78, 5) is 18.2. The fourth-order valence-corrected chi connectivity index (χ4v) is 2.48. The van der Waals surface area contributed by atoms with Gasteiger partial charge < -0.3 is 10.0 Å². The molecular formula is C16H17BrN2O2. The van der Waals surface area contributed by atoms with E-state index in [1.165, 1.54) is 5.56 Å². The molecule has 0 saturated carbocycles. The predicted octanol–water partition coefficient (Wildman–Crippen LogP) is 2.52. The zero-order valence-corrected chi connectivity index (χ0v) is 13.2. The van der Waals surface area contributed by atoms with E-state index in [0.29, 0.717) is 23.3 Å². The van der Waals surface area contributed by atoms with E-state index in [-0.39, 0.29) is 12.5 Å². The third-order valence-electron chi connectivity index (χ3n) is 3.16. The summed E-state index contributed by atoms with van der Waals surface area (Å²) >= 11 is 3.29. The highest BCUT2D eigenvalue weighted by Crippen LogP contribution is 2.15. The van der Waals surface area contributed by atoms with Crippen LogP contribution in [0.1, 0.15) is 15.9 Å². The molecule has 0 aliphatic carbocycles. The minimum atomic E-state index is -0.125. The van der Waals surface area contributed by atoms with E-state index in [4.69, 9.17) is 0 Å². The molecular weight excluding hydrogens is 332 g/mol. The fourth-order valence-electron chi connectivity index (χ4n) is 2.06. The Morgan fingerprint density at radius 1 is 1.14 bits per heavy atom. The van der Waals surface area contributed by atoms with E-state index < -0.39 is 0 Å². The molecule has 21 heavy (non-hydrogen) atoms. The Morgan fingerprint density at radius 3 is 2.57 bits per heavy atom. The van der Waals surface area contributed by atoms with Gasteiger partial charge in [-0.15, -0.1) is 0 Å². The molecule has 0 saturated heterocycles. The second-order valence-electron chi connectivity index (χ2n) is 4.59. The van der Waals surface area contributed by atoms with E-state index in [2.05, 4.69) is 20.9 Å². The smallest absolute Gasteiger partial charge is 0.256 e. The summed E-state index contributed by atoms with van der Waals surface area (Å²) in [6.45, 7) is 0.816. The number of hydrogen-bond acceptors (Lipinski definition) is 3. The van der Waals surface area contributed by atoms with Crippen molar-refractivity contribution in [1.29, 1.82) is 0 Å². The van der Waals surface area contributed by atoms with Gasteiger partial charge in [-0.1, -0.05) is 30.3 Å². The topological polar surface area (TPSA) is 53.4 Å². The van der Waals surface area contributed by atoms with Gasteiger partial charge in [0.25, 0.3) is 5.91 Å². The van der Waals surface area contributed by atoms with Gasteiger partial charge in [0.1, 0.15) is 4.60 Å². The van der Waals surface area contributed by atoms with Crippen LogP contribution in [-0.4, -0.2) is 40.6 Å². The fraction of sp³-hybridized carbons (Fsp3) is 0.250. The predicted molar refractivity (Wildman–Crippen MR) is 85.1 cm³/mol. The second-order valence-corrected chi connectivity index (χ2v) is 5.34. The van der Waals surface area contributed by atoms with Gasteiger partial charge in [-0.25, -0.2) is 4.98 Å². The quantitative estimate of drug-likeness (QED) is 0.816. The van der Waals surface area contributed by atoms with E-state index in [1.54, 1.807) is 23.2 Å². The molecule has 0 aliphatic rings. The molecule has 0 radical (unpaired) electrons. The van der Waals surface area contributed by atoms with Crippen molar-refractivity contribution < 1.29 is 9.90 Å². The summed E-state index contributed by atoms with van der Waals surface area (Å²) in [6, 6.07) is 13.4. The average Bonchev–Trinajstić information content (AvgIpc) is 2.52. The van der Waals surface area contributed by atoms with Crippen molar-refractivity contribution in [1.82, 2.24) is 9.88 Å². The lowest BCUT2D eigenvalue weighted by Gasteiger charge is -2.22. The first-order valence-electron chi connectivity index (χ1n) is 6.77. The lowest BCUT2D eigenvalue weighted by molar-refractivity contribution is 0.0722. The highest BCUT2D eigenvalue weighted by molar-refractivity contribution is 9.10. The molecule has 0 fully saturated rings. The molecule has 2 aromatic rings. The van der Waals surface area contributed by atoms with Gasteiger partial charge in [0, 0.05) is 19.3 Å². The maximum Gasteiger partial charge on any atom is 0.256 e. The van der Waals surface area contributed by atoms with Crippen LogP contribution in [0, 0.1) is 0 Å². The number of amides is 1. The number of hydrogen-bond donors (Lipinski definition) is 1. The number of carbonyl (C=O) groups is 1. The molecule has 0 spiro atoms. The van der Waals surface area contributed by atoms with Crippen molar-refractivity contribution >= 4 is 21.8 Å². The number of aliphatic hydroxyl groups is 1. The molecule has 0 bridgehead atoms. The molecule has 2 rings (SSSR count). The molecule has 5 heteroatoms. The standard InChI is InChI=1S/C16H17BrN2O2/c17-15-14(7-4-9-18-15)16(21)19(11-12-20)10-8-13-5-2-1-3-6-13/h1-7,9,20H,8,10-12H2. The van der Waals surface area contributed by atoms with E-state index in [9.17, 15) is 9.90 Å². The Balaban J connectivity index is 2.08. The molecule has 1 N–H and O–H groups in total. The summed E-state index contributed by atoms with van der Waals surface area (Å²) in [6.07, 6.45) is 2.38. The van der Waals surface area contributed by atoms with Gasteiger partial charge in [-0.2, -0.15) is 0 Å². The molecule has 1 aromatic heterocycles. The van der Waals surface area contributed by atoms with Crippen molar-refractivity contribution in [3.8, 4) is 0 Å². The maximum absolute atomic E-state index is 12.5. The molecule has 1 amide bonds. The van der Waals surface area contributed by atoms with Crippen LogP contribution in [0.15, 0.2) is 53.3 Å². The molecule has 0 aliphatic heterocycles. The van der Waals surface area contributed by atoms with E-state index in [0.717, 1.165) is 6.42 Å². The van der Waals surface area contributed by atoms with Crippen molar-refractivity contribution in [2.24, 2.45) is 0 Å². The molecule has 0 unspecified atom stereocenters. The van der Waals surface area contributed by atoms with Crippen LogP contribution in [0.4, 0.5) is 0 Å². The first-order chi connectivity index (χ1) is 10.2. The van der Waals surface area contributed by atoms with Crippen molar-refractivity contribution in [2.45, 2.75) is 6.42 Å². The van der Waals surface area contributed by atoms with Gasteiger partial charge in [-0.3, -0.25) is 4.79 Å². The van der Waals surface area contributed by atoms with Gasteiger partial charge in [-0.05, 0) is 40.0 Å². The highest BCUT2D eigenvalue weighted by Gasteiger charge is 2.18. The van der Waals surface area contributed by atoms with Crippen LogP contribution < -0.4 is 0 Å². The summed E-state index contributed by atoms with van der Waals surface area (Å²) in [5.74, 6) is -0.125. The van der Waals surface area contributed by atoms with Crippen molar-refractivity contribution in [3.63, 3.8) is 0 Å². The molecule has 1 heterocycles. The van der Waals surface area contributed by atoms with Crippen LogP contribution in [0.2, 0.25) is 0 Å². The van der Waals surface area contributed by atoms with Crippen LogP contribution in [0.5, 0.6) is 0 Å². The molecule has 1 aromatic carbocycles. The lowest BCUT2D eigenvalue weighted by Crippen LogP contribution is -2.35. The Hall–Kier alpha value is -1.72. The van der Waals surface area contributed by atoms with Gasteiger partial charge in [0.05, 0.1) is 12.2 Å². The monoisotopic (exact) mass is 348 g/mol. The first-order valence-corrected chi connectivity index (χ1v) is 7.56. The zero-order chi connectivity index (χ0) is 15.1. The Labute approximate surface area is 132 Å². The largest absolute Gasteiger partial charge is 0.395 e. The maximum atomic E-state index is 12.5. The minimum Gasteiger partial charge on any atom is -0.395 e. The first kappa shape index (κ1) is 15.7. The SMILES string of the molecule is O=C(c1cccnc1Br)N(CCO)CCc1ccccc1. The third-order valence-corrected chi connectivity index (χ3v) is 3.79. The number of pyridine rings is 1. The van der Waals surface area contributed by atoms with Gasteiger partial charge in [0.15, 0.2) is 0 Å². The summed E-state index contributed by atoms with van der Waals surface area (Å²) < 4.78 is 0.526. The Kier molecular flexibility index (Phi) is 5.90. The van der Waals surface area contributed by atoms with Crippen molar-refractivity contribution in [2.75, 3.05) is 19.7 Å². The number of aromatic nitrogens is 1. The van der Waals surface area contributed by atoms with Crippen LogP contribution in [0.3, 0.4) is 0 Å². The summed E-state index contributed by atoms with van der Waals surface area (Å²) in [5.41, 5.74) is 1.68. The Morgan fingerprint density at radius 2 is 1.90 bits per heavy atom. The zero-order valence-electron chi connectivity index (χ0n) is 11.6. The number of benzene rings is 1. The highest BCUT2D eigenvalue weighted by atomic mass is 79.9. The second kappa shape index (κ2) is 7.90. The van der Waals surface area contributed by atoms with Crippen LogP contribution >= 0.6 is 15.9 Å². The Bertz CT molecular complexity index is 590.